The van der Waals surface area contributed by atoms with E-state index in [1.807, 2.05) is 0 Å². The van der Waals surface area contributed by atoms with E-state index in [1.165, 1.54) is 12.1 Å². The largest absolute Gasteiger partial charge is 0.345 e. The second-order valence-corrected chi connectivity index (χ2v) is 3.68. The van der Waals surface area contributed by atoms with Crippen molar-refractivity contribution in [2.75, 3.05) is 0 Å². The molecule has 1 aromatic rings. The van der Waals surface area contributed by atoms with Crippen molar-refractivity contribution in [3.8, 4) is 0 Å². The van der Waals surface area contributed by atoms with Crippen molar-refractivity contribution in [1.82, 2.24) is 5.32 Å². The Balaban J connectivity index is 2.20. The number of benzene rings is 1. The summed E-state index contributed by atoms with van der Waals surface area (Å²) in [6, 6.07) is 6.06. The number of non-ortho nitro benzene ring substituents is 1. The maximum Gasteiger partial charge on any atom is 0.269 e. The molecule has 1 N–H and O–H groups in total. The summed E-state index contributed by atoms with van der Waals surface area (Å²) in [5, 5.41) is 13.2. The van der Waals surface area contributed by atoms with Crippen LogP contribution >= 0.6 is 0 Å². The summed E-state index contributed by atoms with van der Waals surface area (Å²) < 4.78 is 0. The van der Waals surface area contributed by atoms with Gasteiger partial charge in [0, 0.05) is 24.1 Å². The fraction of sp³-hybridized carbons (Fsp3) is 0.182. The number of hydrogen-bond donors (Lipinski definition) is 1. The molecule has 1 amide bonds. The van der Waals surface area contributed by atoms with Crippen LogP contribution in [0.2, 0.25) is 0 Å². The first kappa shape index (κ1) is 10.4. The minimum absolute atomic E-state index is 0.0481. The van der Waals surface area contributed by atoms with Crippen LogP contribution in [0.3, 0.4) is 0 Å². The van der Waals surface area contributed by atoms with E-state index in [-0.39, 0.29) is 17.6 Å². The van der Waals surface area contributed by atoms with Gasteiger partial charge in [-0.1, -0.05) is 18.7 Å². The van der Waals surface area contributed by atoms with Crippen LogP contribution in [0.5, 0.6) is 0 Å². The summed E-state index contributed by atoms with van der Waals surface area (Å²) in [5.74, 6) is -0.150. The zero-order valence-electron chi connectivity index (χ0n) is 8.47. The van der Waals surface area contributed by atoms with Crippen molar-refractivity contribution >= 4 is 11.6 Å². The second-order valence-electron chi connectivity index (χ2n) is 3.68. The van der Waals surface area contributed by atoms with Crippen LogP contribution in [0.4, 0.5) is 5.69 Å². The number of carbonyl (C=O) groups is 1. The molecular formula is C11H10N2O3. The third kappa shape index (κ3) is 1.79. The van der Waals surface area contributed by atoms with E-state index < -0.39 is 4.92 Å². The molecule has 1 aliphatic heterocycles. The van der Waals surface area contributed by atoms with E-state index in [2.05, 4.69) is 11.9 Å². The van der Waals surface area contributed by atoms with E-state index in [1.54, 1.807) is 12.1 Å². The van der Waals surface area contributed by atoms with Gasteiger partial charge in [-0.05, 0) is 5.56 Å². The highest BCUT2D eigenvalue weighted by molar-refractivity contribution is 5.95. The number of nitro benzene ring substituents is 1. The molecular weight excluding hydrogens is 208 g/mol. The van der Waals surface area contributed by atoms with Crippen LogP contribution in [0, 0.1) is 10.1 Å². The average Bonchev–Trinajstić information content (AvgIpc) is 2.59. The van der Waals surface area contributed by atoms with Gasteiger partial charge in [-0.2, -0.15) is 0 Å². The normalized spacial score (nSPS) is 19.6. The number of carbonyl (C=O) groups excluding carboxylic acids is 1. The van der Waals surface area contributed by atoms with Crippen molar-refractivity contribution in [3.63, 3.8) is 0 Å². The minimum Gasteiger partial charge on any atom is -0.345 e. The van der Waals surface area contributed by atoms with Crippen LogP contribution in [-0.2, 0) is 4.79 Å². The molecule has 16 heavy (non-hydrogen) atoms. The smallest absolute Gasteiger partial charge is 0.269 e. The maximum absolute atomic E-state index is 11.2. The second kappa shape index (κ2) is 3.77. The summed E-state index contributed by atoms with van der Waals surface area (Å²) >= 11 is 0. The molecule has 1 unspecified atom stereocenters. The molecule has 1 atom stereocenters. The molecule has 1 fully saturated rings. The molecule has 0 radical (unpaired) electrons. The van der Waals surface area contributed by atoms with Gasteiger partial charge >= 0.3 is 0 Å². The quantitative estimate of drug-likeness (QED) is 0.466. The van der Waals surface area contributed by atoms with Gasteiger partial charge < -0.3 is 5.32 Å². The Kier molecular flexibility index (Phi) is 2.44. The van der Waals surface area contributed by atoms with Crippen molar-refractivity contribution in [1.29, 1.82) is 0 Å². The highest BCUT2D eigenvalue weighted by Gasteiger charge is 2.25. The van der Waals surface area contributed by atoms with E-state index in [0.717, 1.165) is 5.56 Å². The zero-order valence-corrected chi connectivity index (χ0v) is 8.47. The lowest BCUT2D eigenvalue weighted by atomic mass is 10.0. The van der Waals surface area contributed by atoms with Gasteiger partial charge in [0.1, 0.15) is 0 Å². The van der Waals surface area contributed by atoms with Gasteiger partial charge in [-0.15, -0.1) is 0 Å². The van der Waals surface area contributed by atoms with Crippen LogP contribution < -0.4 is 5.32 Å². The summed E-state index contributed by atoms with van der Waals surface area (Å²) in [6.07, 6.45) is 0.552. The van der Waals surface area contributed by atoms with Gasteiger partial charge in [0.05, 0.1) is 11.0 Å². The van der Waals surface area contributed by atoms with Crippen LogP contribution in [0.25, 0.3) is 0 Å². The molecule has 82 valence electrons. The van der Waals surface area contributed by atoms with Gasteiger partial charge in [0.2, 0.25) is 5.91 Å². The molecule has 2 rings (SSSR count). The Bertz CT molecular complexity index is 449. The van der Waals surface area contributed by atoms with Crippen molar-refractivity contribution in [3.05, 3.63) is 52.1 Å². The zero-order chi connectivity index (χ0) is 11.7. The molecule has 1 aromatic carbocycles. The van der Waals surface area contributed by atoms with Crippen LogP contribution in [-0.4, -0.2) is 10.8 Å². The average molecular weight is 218 g/mol. The fourth-order valence-corrected chi connectivity index (χ4v) is 1.68. The Morgan fingerprint density at radius 3 is 2.44 bits per heavy atom. The highest BCUT2D eigenvalue weighted by Crippen LogP contribution is 2.27. The molecule has 0 spiro atoms. The lowest BCUT2D eigenvalue weighted by Crippen LogP contribution is -2.18. The maximum atomic E-state index is 11.2. The minimum atomic E-state index is -0.448. The molecule has 0 aromatic heterocycles. The van der Waals surface area contributed by atoms with Crippen LogP contribution in [0.1, 0.15) is 18.0 Å². The molecule has 1 heterocycles. The van der Waals surface area contributed by atoms with Crippen LogP contribution in [0.15, 0.2) is 36.4 Å². The van der Waals surface area contributed by atoms with Crippen molar-refractivity contribution in [2.24, 2.45) is 0 Å². The molecule has 1 saturated heterocycles. The number of nitro groups is 1. The van der Waals surface area contributed by atoms with Gasteiger partial charge in [0.25, 0.3) is 5.69 Å². The molecule has 0 saturated carbocycles. The molecule has 0 bridgehead atoms. The Morgan fingerprint density at radius 2 is 2.00 bits per heavy atom. The summed E-state index contributed by atoms with van der Waals surface area (Å²) in [6.45, 7) is 3.64. The van der Waals surface area contributed by atoms with Crippen molar-refractivity contribution in [2.45, 2.75) is 12.5 Å². The summed E-state index contributed by atoms with van der Waals surface area (Å²) in [4.78, 5) is 21.2. The van der Waals surface area contributed by atoms with E-state index >= 15 is 0 Å². The summed E-state index contributed by atoms with van der Waals surface area (Å²) in [7, 11) is 0. The molecule has 1 aliphatic rings. The number of nitrogens with zero attached hydrogens (tertiary/aromatic N) is 1. The lowest BCUT2D eigenvalue weighted by molar-refractivity contribution is -0.384. The molecule has 5 nitrogen and oxygen atoms in total. The Labute approximate surface area is 91.9 Å². The number of rotatable bonds is 2. The third-order valence-corrected chi connectivity index (χ3v) is 2.58. The lowest BCUT2D eigenvalue weighted by Gasteiger charge is -2.08. The molecule has 0 aliphatic carbocycles. The van der Waals surface area contributed by atoms with Crippen molar-refractivity contribution < 1.29 is 9.72 Å². The predicted molar refractivity (Wildman–Crippen MR) is 57.7 cm³/mol. The first-order chi connectivity index (χ1) is 7.58. The number of amides is 1. The fourth-order valence-electron chi connectivity index (χ4n) is 1.68. The Hall–Kier alpha value is -2.17. The summed E-state index contributed by atoms with van der Waals surface area (Å²) in [5.41, 5.74) is 1.45. The topological polar surface area (TPSA) is 72.2 Å². The standard InChI is InChI=1S/C11H10N2O3/c1-7-6-10(12-11(7)14)8-2-4-9(5-3-8)13(15)16/h2-5,10H,1,6H2,(H,12,14). The van der Waals surface area contributed by atoms with Gasteiger partial charge in [0.15, 0.2) is 0 Å². The third-order valence-electron chi connectivity index (χ3n) is 2.58. The SMILES string of the molecule is C=C1CC(c2ccc([N+](=O)[O-])cc2)NC1=O. The number of nitrogens with one attached hydrogen (secondary N) is 1. The monoisotopic (exact) mass is 218 g/mol. The predicted octanol–water partition coefficient (Wildman–Crippen LogP) is 1.71. The first-order valence-electron chi connectivity index (χ1n) is 4.81. The van der Waals surface area contributed by atoms with Gasteiger partial charge in [-0.25, -0.2) is 0 Å². The Morgan fingerprint density at radius 1 is 1.38 bits per heavy atom. The molecule has 5 heteroatoms. The highest BCUT2D eigenvalue weighted by atomic mass is 16.6. The van der Waals surface area contributed by atoms with Gasteiger partial charge in [-0.3, -0.25) is 14.9 Å². The van der Waals surface area contributed by atoms with E-state index in [9.17, 15) is 14.9 Å². The van der Waals surface area contributed by atoms with E-state index in [0.29, 0.717) is 12.0 Å². The first-order valence-corrected chi connectivity index (χ1v) is 4.81. The van der Waals surface area contributed by atoms with E-state index in [4.69, 9.17) is 0 Å². The number of hydrogen-bond acceptors (Lipinski definition) is 3.